The maximum atomic E-state index is 11.9. The highest BCUT2D eigenvalue weighted by Crippen LogP contribution is 2.32. The second kappa shape index (κ2) is 8.35. The number of halogens is 2. The number of nitrogen functional groups attached to an aromatic ring is 1. The van der Waals surface area contributed by atoms with Crippen LogP contribution in [0.2, 0.25) is 10.0 Å². The summed E-state index contributed by atoms with van der Waals surface area (Å²) in [7, 11) is 2.05. The van der Waals surface area contributed by atoms with Gasteiger partial charge < -0.3 is 16.0 Å². The molecule has 0 aliphatic heterocycles. The van der Waals surface area contributed by atoms with Gasteiger partial charge in [0.2, 0.25) is 5.91 Å². The van der Waals surface area contributed by atoms with Crippen LogP contribution in [-0.2, 0) is 4.79 Å². The van der Waals surface area contributed by atoms with E-state index in [4.69, 9.17) is 28.9 Å². The number of hydrogen-bond donors (Lipinski definition) is 2. The highest BCUT2D eigenvalue weighted by molar-refractivity contribution is 6.37. The maximum Gasteiger partial charge on any atom is 0.224 e. The van der Waals surface area contributed by atoms with E-state index in [-0.39, 0.29) is 5.91 Å². The molecule has 1 aromatic carbocycles. The monoisotopic (exact) mass is 317 g/mol. The molecule has 0 radical (unpaired) electrons. The second-order valence-electron chi connectivity index (χ2n) is 4.81. The molecule has 0 aliphatic carbocycles. The minimum absolute atomic E-state index is 0.0918. The van der Waals surface area contributed by atoms with Crippen molar-refractivity contribution in [3.63, 3.8) is 0 Å². The number of nitrogens with zero attached hydrogens (tertiary/aromatic N) is 1. The molecule has 0 spiro atoms. The SMILES string of the molecule is CCCN(C)CCCC(=O)Nc1c(N)cc(Cl)cc1Cl. The van der Waals surface area contributed by atoms with Gasteiger partial charge in [-0.05, 0) is 45.1 Å². The summed E-state index contributed by atoms with van der Waals surface area (Å²) < 4.78 is 0. The summed E-state index contributed by atoms with van der Waals surface area (Å²) in [5, 5.41) is 3.54. The van der Waals surface area contributed by atoms with E-state index in [1.807, 2.05) is 0 Å². The van der Waals surface area contributed by atoms with Gasteiger partial charge in [-0.25, -0.2) is 0 Å². The van der Waals surface area contributed by atoms with Crippen LogP contribution in [0.1, 0.15) is 26.2 Å². The van der Waals surface area contributed by atoms with Crippen molar-refractivity contribution in [1.29, 1.82) is 0 Å². The Morgan fingerprint density at radius 2 is 2.05 bits per heavy atom. The first-order valence-electron chi connectivity index (χ1n) is 6.67. The first-order chi connectivity index (χ1) is 9.43. The van der Waals surface area contributed by atoms with E-state index in [1.54, 1.807) is 12.1 Å². The third kappa shape index (κ3) is 5.57. The molecule has 6 heteroatoms. The standard InChI is InChI=1S/C14H21Cl2N3O/c1-3-6-19(2)7-4-5-13(20)18-14-11(16)8-10(15)9-12(14)17/h8-9H,3-7,17H2,1-2H3,(H,18,20). The van der Waals surface area contributed by atoms with E-state index in [2.05, 4.69) is 24.2 Å². The van der Waals surface area contributed by atoms with Crippen molar-refractivity contribution >= 4 is 40.5 Å². The van der Waals surface area contributed by atoms with Gasteiger partial charge in [0, 0.05) is 11.4 Å². The molecule has 1 rings (SSSR count). The molecule has 3 N–H and O–H groups in total. The largest absolute Gasteiger partial charge is 0.397 e. The average Bonchev–Trinajstić information content (AvgIpc) is 2.34. The van der Waals surface area contributed by atoms with Crippen molar-refractivity contribution in [3.8, 4) is 0 Å². The van der Waals surface area contributed by atoms with E-state index >= 15 is 0 Å². The minimum atomic E-state index is -0.0918. The second-order valence-corrected chi connectivity index (χ2v) is 5.65. The average molecular weight is 318 g/mol. The van der Waals surface area contributed by atoms with Gasteiger partial charge in [0.15, 0.2) is 0 Å². The molecule has 0 atom stereocenters. The first kappa shape index (κ1) is 17.1. The highest BCUT2D eigenvalue weighted by Gasteiger charge is 2.10. The number of carbonyl (C=O) groups is 1. The van der Waals surface area contributed by atoms with E-state index in [0.29, 0.717) is 27.8 Å². The predicted octanol–water partition coefficient (Wildman–Crippen LogP) is 3.64. The third-order valence-corrected chi connectivity index (χ3v) is 3.42. The molecule has 1 amide bonds. The lowest BCUT2D eigenvalue weighted by molar-refractivity contribution is -0.116. The molecule has 20 heavy (non-hydrogen) atoms. The summed E-state index contributed by atoms with van der Waals surface area (Å²) in [5.74, 6) is -0.0918. The molecule has 1 aromatic rings. The Bertz CT molecular complexity index is 443. The Morgan fingerprint density at radius 3 is 2.65 bits per heavy atom. The molecule has 112 valence electrons. The van der Waals surface area contributed by atoms with E-state index in [1.165, 1.54) is 0 Å². The smallest absolute Gasteiger partial charge is 0.224 e. The molecule has 0 saturated heterocycles. The van der Waals surface area contributed by atoms with Crippen molar-refractivity contribution in [1.82, 2.24) is 4.90 Å². The normalized spacial score (nSPS) is 10.8. The molecule has 0 bridgehead atoms. The van der Waals surface area contributed by atoms with Gasteiger partial charge >= 0.3 is 0 Å². The maximum absolute atomic E-state index is 11.9. The van der Waals surface area contributed by atoms with E-state index in [9.17, 15) is 4.79 Å². The molecule has 0 unspecified atom stereocenters. The van der Waals surface area contributed by atoms with Gasteiger partial charge in [0.05, 0.1) is 16.4 Å². The fourth-order valence-corrected chi connectivity index (χ4v) is 2.49. The van der Waals surface area contributed by atoms with Gasteiger partial charge in [-0.3, -0.25) is 4.79 Å². The summed E-state index contributed by atoms with van der Waals surface area (Å²) in [4.78, 5) is 14.1. The lowest BCUT2D eigenvalue weighted by atomic mass is 10.2. The van der Waals surface area contributed by atoms with E-state index < -0.39 is 0 Å². The molecular weight excluding hydrogens is 297 g/mol. The summed E-state index contributed by atoms with van der Waals surface area (Å²) in [6.07, 6.45) is 2.35. The van der Waals surface area contributed by atoms with Crippen molar-refractivity contribution in [2.24, 2.45) is 0 Å². The molecule has 0 saturated carbocycles. The van der Waals surface area contributed by atoms with Gasteiger partial charge in [0.1, 0.15) is 0 Å². The van der Waals surface area contributed by atoms with Crippen molar-refractivity contribution < 1.29 is 4.79 Å². The zero-order valence-electron chi connectivity index (χ0n) is 11.9. The summed E-state index contributed by atoms with van der Waals surface area (Å²) in [6.45, 7) is 4.07. The fourth-order valence-electron chi connectivity index (χ4n) is 1.93. The number of benzene rings is 1. The lowest BCUT2D eigenvalue weighted by Crippen LogP contribution is -2.22. The molecule has 0 aliphatic rings. The first-order valence-corrected chi connectivity index (χ1v) is 7.42. The Labute approximate surface area is 130 Å². The van der Waals surface area contributed by atoms with Gasteiger partial charge in [-0.15, -0.1) is 0 Å². The number of nitrogens with two attached hydrogens (primary N) is 1. The third-order valence-electron chi connectivity index (χ3n) is 2.90. The molecule has 0 aromatic heterocycles. The van der Waals surface area contributed by atoms with Crippen LogP contribution in [0.5, 0.6) is 0 Å². The van der Waals surface area contributed by atoms with Crippen LogP contribution in [-0.4, -0.2) is 30.9 Å². The number of nitrogens with one attached hydrogen (secondary N) is 1. The van der Waals surface area contributed by atoms with Gasteiger partial charge in [-0.1, -0.05) is 30.1 Å². The van der Waals surface area contributed by atoms with E-state index in [0.717, 1.165) is 25.9 Å². The van der Waals surface area contributed by atoms with Crippen LogP contribution in [0.3, 0.4) is 0 Å². The summed E-state index contributed by atoms with van der Waals surface area (Å²) >= 11 is 11.8. The van der Waals surface area contributed by atoms with Crippen molar-refractivity contribution in [3.05, 3.63) is 22.2 Å². The molecule has 0 fully saturated rings. The lowest BCUT2D eigenvalue weighted by Gasteiger charge is -2.15. The van der Waals surface area contributed by atoms with Crippen LogP contribution >= 0.6 is 23.2 Å². The Hall–Kier alpha value is -0.970. The Morgan fingerprint density at radius 1 is 1.35 bits per heavy atom. The number of hydrogen-bond acceptors (Lipinski definition) is 3. The Balaban J connectivity index is 2.47. The fraction of sp³-hybridized carbons (Fsp3) is 0.500. The minimum Gasteiger partial charge on any atom is -0.397 e. The Kier molecular flexibility index (Phi) is 7.13. The van der Waals surface area contributed by atoms with Crippen LogP contribution in [0.4, 0.5) is 11.4 Å². The van der Waals surface area contributed by atoms with Crippen LogP contribution in [0.25, 0.3) is 0 Å². The zero-order valence-corrected chi connectivity index (χ0v) is 13.4. The number of amides is 1. The predicted molar refractivity (Wildman–Crippen MR) is 86.5 cm³/mol. The zero-order chi connectivity index (χ0) is 15.1. The van der Waals surface area contributed by atoms with Gasteiger partial charge in [0.25, 0.3) is 0 Å². The van der Waals surface area contributed by atoms with Gasteiger partial charge in [-0.2, -0.15) is 0 Å². The number of anilines is 2. The molecule has 4 nitrogen and oxygen atoms in total. The topological polar surface area (TPSA) is 58.4 Å². The van der Waals surface area contributed by atoms with Crippen molar-refractivity contribution in [2.75, 3.05) is 31.2 Å². The molecule has 0 heterocycles. The number of rotatable bonds is 7. The highest BCUT2D eigenvalue weighted by atomic mass is 35.5. The van der Waals surface area contributed by atoms with Crippen LogP contribution in [0, 0.1) is 0 Å². The molecular formula is C14H21Cl2N3O. The van der Waals surface area contributed by atoms with Crippen LogP contribution < -0.4 is 11.1 Å². The summed E-state index contributed by atoms with van der Waals surface area (Å²) in [5.41, 5.74) is 6.60. The summed E-state index contributed by atoms with van der Waals surface area (Å²) in [6, 6.07) is 3.13. The number of carbonyl (C=O) groups excluding carboxylic acids is 1. The van der Waals surface area contributed by atoms with Crippen LogP contribution in [0.15, 0.2) is 12.1 Å². The quantitative estimate of drug-likeness (QED) is 0.755. The van der Waals surface area contributed by atoms with Crippen molar-refractivity contribution in [2.45, 2.75) is 26.2 Å².